The number of hydrogen-bond acceptors (Lipinski definition) is 9. The van der Waals surface area contributed by atoms with Crippen LogP contribution in [0.2, 0.25) is 35.7 Å². The third-order valence-electron chi connectivity index (χ3n) is 10.0. The monoisotopic (exact) mass is 894 g/mol. The van der Waals surface area contributed by atoms with E-state index in [9.17, 15) is 9.59 Å². The van der Waals surface area contributed by atoms with E-state index in [0.29, 0.717) is 92.7 Å². The minimum Gasteiger partial charge on any atom is -0.361 e. The molecule has 2 aromatic carbocycles. The van der Waals surface area contributed by atoms with Gasteiger partial charge in [-0.15, -0.1) is 0 Å². The number of aromatic nitrogens is 10. The summed E-state index contributed by atoms with van der Waals surface area (Å²) in [5.41, 5.74) is 7.69. The van der Waals surface area contributed by atoms with E-state index in [2.05, 4.69) is 45.3 Å². The van der Waals surface area contributed by atoms with Gasteiger partial charge in [-0.2, -0.15) is 10.2 Å². The number of nitrogens with one attached hydrogen (secondary N) is 3. The molecule has 0 radical (unpaired) electrons. The Balaban J connectivity index is 0.000000192. The number of rotatable bonds is 13. The van der Waals surface area contributed by atoms with Crippen LogP contribution in [0.3, 0.4) is 0 Å². The normalized spacial score (nSPS) is 12.0. The lowest BCUT2D eigenvalue weighted by molar-refractivity contribution is 0.0890. The van der Waals surface area contributed by atoms with Crippen LogP contribution in [0.15, 0.2) is 61.2 Å². The number of hydrogen-bond donors (Lipinski definition) is 3. The minimum atomic E-state index is -1.20. The van der Waals surface area contributed by atoms with Crippen molar-refractivity contribution in [3.63, 3.8) is 0 Å². The minimum absolute atomic E-state index is 0.000943. The molecule has 0 spiro atoms. The first-order valence-corrected chi connectivity index (χ1v) is 25.2. The first kappa shape index (κ1) is 44.4. The molecule has 2 amide bonds. The van der Waals surface area contributed by atoms with Gasteiger partial charge < -0.3 is 24.9 Å². The quantitative estimate of drug-likeness (QED) is 0.0752. The van der Waals surface area contributed by atoms with Gasteiger partial charge in [0.05, 0.1) is 34.6 Å². The number of carbonyl (C=O) groups excluding carboxylic acids is 2. The molecule has 0 unspecified atom stereocenters. The van der Waals surface area contributed by atoms with Crippen molar-refractivity contribution in [3.05, 3.63) is 82.4 Å². The van der Waals surface area contributed by atoms with Crippen LogP contribution < -0.4 is 10.6 Å². The fourth-order valence-electron chi connectivity index (χ4n) is 6.98. The summed E-state index contributed by atoms with van der Waals surface area (Å²) >= 11 is 12.4. The lowest BCUT2D eigenvalue weighted by Gasteiger charge is -2.15. The number of aryl methyl sites for hydroxylation is 2. The highest BCUT2D eigenvalue weighted by molar-refractivity contribution is 6.76. The Morgan fingerprint density at radius 3 is 1.84 bits per heavy atom. The summed E-state index contributed by atoms with van der Waals surface area (Å²) in [7, 11) is -1.20. The number of halogens is 2. The Bertz CT molecular complexity index is 2930. The summed E-state index contributed by atoms with van der Waals surface area (Å²) in [5, 5.41) is 18.5. The number of fused-ring (bicyclic) bond motifs is 4. The smallest absolute Gasteiger partial charge is 0.255 e. The van der Waals surface area contributed by atoms with E-state index in [1.165, 1.54) is 0 Å². The Morgan fingerprint density at radius 1 is 0.774 bits per heavy atom. The maximum Gasteiger partial charge on any atom is 0.255 e. The zero-order valence-corrected chi connectivity index (χ0v) is 39.0. The molecule has 18 heteroatoms. The van der Waals surface area contributed by atoms with Crippen molar-refractivity contribution in [2.24, 2.45) is 0 Å². The SMILES string of the molecule is CCn1nc(-c2cnc3[nH]cc(C(=O)NC(C)C)c3n2)c2ccc(Cl)cc21.CCn1nc(-c2cnc3c(n2)c(C(=O)NC(C)C)cn3COCC[Si](C)(C)C)c2ccc(Cl)cc21. The second kappa shape index (κ2) is 18.3. The van der Waals surface area contributed by atoms with Gasteiger partial charge in [0, 0.05) is 73.1 Å². The van der Waals surface area contributed by atoms with Gasteiger partial charge in [-0.3, -0.25) is 19.0 Å². The van der Waals surface area contributed by atoms with Crippen LogP contribution in [0.4, 0.5) is 0 Å². The number of H-pyrrole nitrogens is 1. The van der Waals surface area contributed by atoms with E-state index in [4.69, 9.17) is 48.0 Å². The Labute approximate surface area is 370 Å². The molecule has 0 aliphatic carbocycles. The van der Waals surface area contributed by atoms with E-state index >= 15 is 0 Å². The van der Waals surface area contributed by atoms with E-state index in [1.54, 1.807) is 24.8 Å². The highest BCUT2D eigenvalue weighted by atomic mass is 35.5. The average Bonchev–Trinajstić information content (AvgIpc) is 3.99. The first-order valence-electron chi connectivity index (χ1n) is 20.8. The van der Waals surface area contributed by atoms with Crippen LogP contribution in [0.1, 0.15) is 62.3 Å². The number of aromatic amines is 1. The van der Waals surface area contributed by atoms with Crippen LogP contribution in [-0.2, 0) is 24.6 Å². The van der Waals surface area contributed by atoms with E-state index in [-0.39, 0.29) is 23.9 Å². The Hall–Kier alpha value is -5.68. The Kier molecular flexibility index (Phi) is 13.1. The molecular weight excluding hydrogens is 844 g/mol. The number of carbonyl (C=O) groups is 2. The van der Waals surface area contributed by atoms with E-state index in [0.717, 1.165) is 27.8 Å². The molecule has 0 saturated heterocycles. The van der Waals surface area contributed by atoms with Crippen molar-refractivity contribution in [1.29, 1.82) is 0 Å². The summed E-state index contributed by atoms with van der Waals surface area (Å²) in [6.07, 6.45) is 6.79. The van der Waals surface area contributed by atoms with Crippen LogP contribution >= 0.6 is 23.2 Å². The highest BCUT2D eigenvalue weighted by Crippen LogP contribution is 2.32. The van der Waals surface area contributed by atoms with Gasteiger partial charge in [0.2, 0.25) is 0 Å². The van der Waals surface area contributed by atoms with Crippen molar-refractivity contribution >= 4 is 87.2 Å². The zero-order valence-electron chi connectivity index (χ0n) is 36.5. The molecule has 0 aliphatic heterocycles. The molecule has 6 heterocycles. The van der Waals surface area contributed by atoms with Crippen molar-refractivity contribution < 1.29 is 14.3 Å². The fourth-order valence-corrected chi connectivity index (χ4v) is 8.07. The molecule has 6 aromatic heterocycles. The fraction of sp³-hybridized carbons (Fsp3) is 0.364. The molecule has 324 valence electrons. The molecule has 0 saturated carbocycles. The largest absolute Gasteiger partial charge is 0.361 e. The number of ether oxygens (including phenoxy) is 1. The molecule has 15 nitrogen and oxygen atoms in total. The van der Waals surface area contributed by atoms with Gasteiger partial charge in [-0.05, 0) is 84.0 Å². The van der Waals surface area contributed by atoms with Crippen LogP contribution in [-0.4, -0.2) is 87.6 Å². The Morgan fingerprint density at radius 2 is 1.31 bits per heavy atom. The molecule has 0 bridgehead atoms. The standard InChI is InChI=1S/C25H33ClN6O2Si.C19H19ClN6O/c1-7-32-21-12-17(26)8-9-18(21)22(30-32)20-13-27-24-23(29-20)19(25(33)28-16(2)3)14-31(24)15-34-10-11-35(4,5)6;1-4-26-15-7-11(20)5-6-12(15)16(25-26)14-9-22-18-17(24-14)13(8-21-18)19(27)23-10(2)3/h8-9,12-14,16H,7,10-11,15H2,1-6H3,(H,28,33);5-10H,4H2,1-3H3,(H,21,22)(H,23,27). The molecule has 3 N–H and O–H groups in total. The zero-order chi connectivity index (χ0) is 44.5. The summed E-state index contributed by atoms with van der Waals surface area (Å²) < 4.78 is 11.6. The third-order valence-corrected chi connectivity index (χ3v) is 12.2. The summed E-state index contributed by atoms with van der Waals surface area (Å²) in [5.74, 6) is -0.369. The van der Waals surface area contributed by atoms with Gasteiger partial charge >= 0.3 is 0 Å². The van der Waals surface area contributed by atoms with Crippen LogP contribution in [0, 0.1) is 0 Å². The maximum atomic E-state index is 13.0. The number of nitrogens with zero attached hydrogens (tertiary/aromatic N) is 9. The number of amides is 2. The molecule has 0 atom stereocenters. The highest BCUT2D eigenvalue weighted by Gasteiger charge is 2.23. The topological polar surface area (TPSA) is 175 Å². The molecule has 0 aliphatic rings. The molecule has 0 fully saturated rings. The first-order chi connectivity index (χ1) is 29.5. The van der Waals surface area contributed by atoms with Gasteiger partial charge in [0.25, 0.3) is 11.8 Å². The average molecular weight is 896 g/mol. The molecular formula is C44H52Cl2N12O3Si. The second-order valence-corrected chi connectivity index (χ2v) is 23.3. The van der Waals surface area contributed by atoms with Crippen molar-refractivity contribution in [3.8, 4) is 22.8 Å². The van der Waals surface area contributed by atoms with Crippen LogP contribution in [0.25, 0.3) is 66.9 Å². The molecule has 62 heavy (non-hydrogen) atoms. The summed E-state index contributed by atoms with van der Waals surface area (Å²) in [6.45, 7) is 21.1. The molecule has 8 aromatic rings. The summed E-state index contributed by atoms with van der Waals surface area (Å²) in [4.78, 5) is 47.2. The van der Waals surface area contributed by atoms with Crippen molar-refractivity contribution in [2.45, 2.75) is 99.1 Å². The van der Waals surface area contributed by atoms with E-state index < -0.39 is 8.07 Å². The van der Waals surface area contributed by atoms with Crippen molar-refractivity contribution in [1.82, 2.24) is 59.7 Å². The lowest BCUT2D eigenvalue weighted by atomic mass is 10.1. The number of benzene rings is 2. The van der Waals surface area contributed by atoms with E-state index in [1.807, 2.05) is 91.9 Å². The van der Waals surface area contributed by atoms with Gasteiger partial charge in [0.1, 0.15) is 40.5 Å². The van der Waals surface area contributed by atoms with Gasteiger partial charge in [-0.1, -0.05) is 42.8 Å². The van der Waals surface area contributed by atoms with Crippen molar-refractivity contribution in [2.75, 3.05) is 6.61 Å². The maximum absolute atomic E-state index is 13.0. The second-order valence-electron chi connectivity index (χ2n) is 16.9. The molecule has 8 rings (SSSR count). The van der Waals surface area contributed by atoms with Gasteiger partial charge in [0.15, 0.2) is 11.3 Å². The van der Waals surface area contributed by atoms with Crippen LogP contribution in [0.5, 0.6) is 0 Å². The third kappa shape index (κ3) is 9.53. The lowest BCUT2D eigenvalue weighted by Crippen LogP contribution is -2.30. The predicted octanol–water partition coefficient (Wildman–Crippen LogP) is 9.36. The predicted molar refractivity (Wildman–Crippen MR) is 250 cm³/mol. The summed E-state index contributed by atoms with van der Waals surface area (Å²) in [6, 6.07) is 12.4. The van der Waals surface area contributed by atoms with Gasteiger partial charge in [-0.25, -0.2) is 19.9 Å².